The second kappa shape index (κ2) is 15.4. The number of rotatable bonds is 5. The van der Waals surface area contributed by atoms with E-state index in [2.05, 4.69) is 0 Å². The Kier molecular flexibility index (Phi) is 19.7. The number of carbonyl (C=O) groups excluding carboxylic acids is 3. The molecule has 1 aromatic carbocycles. The minimum absolute atomic E-state index is 0. The van der Waals surface area contributed by atoms with E-state index in [0.717, 1.165) is 12.1 Å². The maximum absolute atomic E-state index is 10.3. The molecule has 0 bridgehead atoms. The molecule has 1 atom stereocenters. The third-order valence-corrected chi connectivity index (χ3v) is 2.01. The van der Waals surface area contributed by atoms with Gasteiger partial charge in [0.15, 0.2) is 0 Å². The first-order chi connectivity index (χ1) is 9.66. The molecule has 9 nitrogen and oxygen atoms in total. The first-order valence-electron chi connectivity index (χ1n) is 5.29. The van der Waals surface area contributed by atoms with Gasteiger partial charge in [0.25, 0.3) is 0 Å². The molecule has 0 amide bonds. The van der Waals surface area contributed by atoms with Crippen molar-refractivity contribution in [3.8, 4) is 0 Å². The van der Waals surface area contributed by atoms with Gasteiger partial charge in [-0.15, -0.1) is 0 Å². The largest absolute Gasteiger partial charge is 2.00 e. The molecule has 1 unspecified atom stereocenters. The van der Waals surface area contributed by atoms with Gasteiger partial charge in [-0.3, -0.25) is 4.79 Å². The summed E-state index contributed by atoms with van der Waals surface area (Å²) in [7, 11) is 0. The molecule has 0 aromatic heterocycles. The summed E-state index contributed by atoms with van der Waals surface area (Å²) in [5, 5.41) is 46.4. The van der Waals surface area contributed by atoms with Gasteiger partial charge in [0.1, 0.15) is 6.10 Å². The maximum atomic E-state index is 10.3. The third-order valence-electron chi connectivity index (χ3n) is 2.01. The normalized spacial score (nSPS) is 9.38. The van der Waals surface area contributed by atoms with E-state index < -0.39 is 36.4 Å². The minimum atomic E-state index is -1.90. The fourth-order valence-electron chi connectivity index (χ4n) is 1.09. The predicted molar refractivity (Wildman–Crippen MR) is 69.9 cm³/mol. The molecule has 0 heterocycles. The Morgan fingerprint density at radius 1 is 0.917 bits per heavy atom. The molecular weight excluding hydrogens is 372 g/mol. The molecule has 1 rings (SSSR count). The van der Waals surface area contributed by atoms with E-state index in [9.17, 15) is 34.5 Å². The molecule has 0 spiro atoms. The fourth-order valence-corrected chi connectivity index (χ4v) is 1.09. The second-order valence-electron chi connectivity index (χ2n) is 3.55. The summed E-state index contributed by atoms with van der Waals surface area (Å²) < 4.78 is 0. The van der Waals surface area contributed by atoms with E-state index in [-0.39, 0.29) is 69.6 Å². The first-order valence-corrected chi connectivity index (χ1v) is 5.29. The molecular formula is C12H9ClMg2O9. The van der Waals surface area contributed by atoms with Crippen molar-refractivity contribution in [1.82, 2.24) is 0 Å². The quantitative estimate of drug-likeness (QED) is 0.469. The number of aliphatic hydroxyl groups is 1. The van der Waals surface area contributed by atoms with E-state index in [1.54, 1.807) is 0 Å². The number of aliphatic carboxylic acids is 2. The summed E-state index contributed by atoms with van der Waals surface area (Å²) in [6, 6.07) is 5.14. The minimum Gasteiger partial charge on any atom is -1.00 e. The number of carboxylic acids is 4. The first kappa shape index (κ1) is 30.7. The van der Waals surface area contributed by atoms with Crippen molar-refractivity contribution in [2.24, 2.45) is 0 Å². The van der Waals surface area contributed by atoms with Gasteiger partial charge in [0.2, 0.25) is 0 Å². The van der Waals surface area contributed by atoms with Gasteiger partial charge in [0, 0.05) is 11.1 Å². The molecule has 0 aliphatic carbocycles. The van der Waals surface area contributed by atoms with Crippen molar-refractivity contribution in [3.63, 3.8) is 0 Å². The van der Waals surface area contributed by atoms with Gasteiger partial charge >= 0.3 is 52.1 Å². The molecule has 0 saturated heterocycles. The van der Waals surface area contributed by atoms with Crippen LogP contribution in [0, 0.1) is 0 Å². The number of aliphatic hydroxyl groups excluding tert-OH is 1. The van der Waals surface area contributed by atoms with Crippen LogP contribution >= 0.6 is 0 Å². The van der Waals surface area contributed by atoms with E-state index >= 15 is 0 Å². The summed E-state index contributed by atoms with van der Waals surface area (Å²) in [5.41, 5.74) is -0.727. The Balaban J connectivity index is -0.000000153. The predicted octanol–water partition coefficient (Wildman–Crippen LogP) is -7.77. The Morgan fingerprint density at radius 2 is 1.25 bits per heavy atom. The maximum Gasteiger partial charge on any atom is 2.00 e. The number of carboxylic acid groups (broad SMARTS) is 4. The number of hydrogen-bond donors (Lipinski definition) is 2. The molecule has 24 heavy (non-hydrogen) atoms. The second-order valence-corrected chi connectivity index (χ2v) is 3.55. The van der Waals surface area contributed by atoms with Gasteiger partial charge in [-0.1, -0.05) is 24.3 Å². The number of carbonyl (C=O) groups is 4. The van der Waals surface area contributed by atoms with E-state index in [0.29, 0.717) is 0 Å². The van der Waals surface area contributed by atoms with Gasteiger partial charge in [-0.2, -0.15) is 0 Å². The number of benzene rings is 1. The zero-order chi connectivity index (χ0) is 16.6. The Labute approximate surface area is 174 Å². The Hall–Kier alpha value is -1.12. The van der Waals surface area contributed by atoms with E-state index in [1.807, 2.05) is 0 Å². The standard InChI is InChI=1S/C8H6O4.C4H6O5.ClH.2Mg/c9-7(10)5-3-1-2-4-6(5)8(11)12;5-2(4(8)9)1-3(6)7;;;/h1-4H,(H,9,10)(H,11,12);2,5H,1H2,(H,6,7)(H,8,9);1H;;/q;;;2*+2/p-4. The van der Waals surface area contributed by atoms with Gasteiger partial charge in [0.05, 0.1) is 24.3 Å². The Bertz CT molecular complexity index is 532. The monoisotopic (exact) mass is 380 g/mol. The van der Waals surface area contributed by atoms with Crippen LogP contribution in [0.4, 0.5) is 0 Å². The van der Waals surface area contributed by atoms with Gasteiger partial charge < -0.3 is 52.3 Å². The summed E-state index contributed by atoms with van der Waals surface area (Å²) in [6.45, 7) is 0. The summed E-state index contributed by atoms with van der Waals surface area (Å²) in [6.07, 6.45) is -2.72. The Morgan fingerprint density at radius 3 is 1.42 bits per heavy atom. The number of aromatic carboxylic acids is 2. The van der Waals surface area contributed by atoms with Crippen molar-refractivity contribution in [2.45, 2.75) is 12.5 Å². The topological polar surface area (TPSA) is 178 Å². The molecule has 2 N–H and O–H groups in total. The van der Waals surface area contributed by atoms with Crippen LogP contribution in [0.3, 0.4) is 0 Å². The smallest absolute Gasteiger partial charge is 1.00 e. The van der Waals surface area contributed by atoms with Crippen LogP contribution in [-0.4, -0.2) is 86.3 Å². The fraction of sp³-hybridized carbons (Fsp3) is 0.167. The van der Waals surface area contributed by atoms with Gasteiger partial charge in [-0.25, -0.2) is 0 Å². The average molecular weight is 381 g/mol. The average Bonchev–Trinajstić information content (AvgIpc) is 2.38. The zero-order valence-electron chi connectivity index (χ0n) is 12.1. The van der Waals surface area contributed by atoms with Crippen molar-refractivity contribution >= 4 is 70.0 Å². The number of hydrogen-bond acceptors (Lipinski definition) is 8. The molecule has 0 saturated carbocycles. The van der Waals surface area contributed by atoms with Crippen molar-refractivity contribution in [3.05, 3.63) is 35.4 Å². The zero-order valence-corrected chi connectivity index (χ0v) is 15.7. The van der Waals surface area contributed by atoms with Crippen LogP contribution in [0.5, 0.6) is 0 Å². The van der Waals surface area contributed by atoms with Crippen LogP contribution in [0.2, 0.25) is 0 Å². The third kappa shape index (κ3) is 12.3. The van der Waals surface area contributed by atoms with E-state index in [1.165, 1.54) is 12.1 Å². The van der Waals surface area contributed by atoms with E-state index in [4.69, 9.17) is 10.2 Å². The summed E-state index contributed by atoms with van der Waals surface area (Å²) in [4.78, 5) is 39.9. The summed E-state index contributed by atoms with van der Waals surface area (Å²) in [5.74, 6) is -6.17. The molecule has 1 aromatic rings. The molecule has 0 radical (unpaired) electrons. The van der Waals surface area contributed by atoms with Crippen LogP contribution in [0.15, 0.2) is 24.3 Å². The molecule has 122 valence electrons. The van der Waals surface area contributed by atoms with Crippen LogP contribution < -0.4 is 27.7 Å². The number of halogens is 1. The van der Waals surface area contributed by atoms with Crippen LogP contribution in [0.25, 0.3) is 0 Å². The van der Waals surface area contributed by atoms with Crippen LogP contribution in [0.1, 0.15) is 27.1 Å². The van der Waals surface area contributed by atoms with Crippen molar-refractivity contribution in [1.29, 1.82) is 0 Å². The van der Waals surface area contributed by atoms with Gasteiger partial charge in [-0.05, 0) is 0 Å². The molecule has 12 heteroatoms. The van der Waals surface area contributed by atoms with Crippen LogP contribution in [-0.2, 0) is 9.59 Å². The SMILES string of the molecule is O=C(O)CC(O)C(=O)[O-].O=C([O-])c1ccccc1C(=O)[O-].[Cl-].[Mg+2].[Mg+2]. The molecule has 0 aliphatic heterocycles. The molecule has 0 fully saturated rings. The van der Waals surface area contributed by atoms with Crippen molar-refractivity contribution < 1.29 is 57.1 Å². The van der Waals surface area contributed by atoms with Crippen molar-refractivity contribution in [2.75, 3.05) is 0 Å². The summed E-state index contributed by atoms with van der Waals surface area (Å²) >= 11 is 0. The molecule has 0 aliphatic rings.